The summed E-state index contributed by atoms with van der Waals surface area (Å²) < 4.78 is 26.0. The second-order valence-electron chi connectivity index (χ2n) is 4.03. The number of aryl methyl sites for hydroxylation is 1. The fraction of sp³-hybridized carbons (Fsp3) is 0.667. The molecule has 1 aromatic rings. The fourth-order valence-corrected chi connectivity index (χ4v) is 4.06. The van der Waals surface area contributed by atoms with Crippen LogP contribution in [0.4, 0.5) is 0 Å². The molecule has 0 aromatic carbocycles. The molecule has 0 bridgehead atoms. The van der Waals surface area contributed by atoms with Crippen LogP contribution >= 0.6 is 15.9 Å². The Labute approximate surface area is 103 Å². The van der Waals surface area contributed by atoms with Crippen molar-refractivity contribution in [2.45, 2.75) is 18.2 Å². The molecule has 90 valence electrons. The van der Waals surface area contributed by atoms with Crippen molar-refractivity contribution in [2.24, 2.45) is 5.92 Å². The van der Waals surface area contributed by atoms with Gasteiger partial charge in [-0.15, -0.1) is 0 Å². The van der Waals surface area contributed by atoms with Crippen LogP contribution in [-0.2, 0) is 10.0 Å². The average Bonchev–Trinajstić information content (AvgIpc) is 2.85. The zero-order valence-electron chi connectivity index (χ0n) is 8.98. The Balaban J connectivity index is 2.25. The number of nitrogens with zero attached hydrogens (tertiary/aromatic N) is 2. The minimum Gasteiger partial charge on any atom is -0.281 e. The number of hydrogen-bond donors (Lipinski definition) is 1. The quantitative estimate of drug-likeness (QED) is 0.851. The first-order valence-corrected chi connectivity index (χ1v) is 7.68. The standard InChI is InChI=1S/C9H14BrN3O2S/c1-7-9(5-11-12-7)16(14,15)13-3-2-8(4-10)6-13/h5,8H,2-4,6H2,1H3,(H,11,12). The molecule has 1 unspecified atom stereocenters. The summed E-state index contributed by atoms with van der Waals surface area (Å²) in [5.41, 5.74) is 0.599. The largest absolute Gasteiger partial charge is 0.281 e. The van der Waals surface area contributed by atoms with Crippen LogP contribution in [0.2, 0.25) is 0 Å². The first kappa shape index (κ1) is 12.1. The molecule has 2 heterocycles. The van der Waals surface area contributed by atoms with Gasteiger partial charge in [-0.05, 0) is 19.3 Å². The van der Waals surface area contributed by atoms with Crippen LogP contribution in [0.15, 0.2) is 11.1 Å². The summed E-state index contributed by atoms with van der Waals surface area (Å²) in [6.45, 7) is 2.92. The Morgan fingerprint density at radius 3 is 2.94 bits per heavy atom. The Kier molecular flexibility index (Phi) is 3.37. The minimum absolute atomic E-state index is 0.294. The highest BCUT2D eigenvalue weighted by Crippen LogP contribution is 2.25. The summed E-state index contributed by atoms with van der Waals surface area (Å²) in [6, 6.07) is 0. The lowest BCUT2D eigenvalue weighted by Crippen LogP contribution is -2.29. The number of halogens is 1. The summed E-state index contributed by atoms with van der Waals surface area (Å²) in [5.74, 6) is 0.419. The van der Waals surface area contributed by atoms with Gasteiger partial charge in [-0.2, -0.15) is 9.40 Å². The topological polar surface area (TPSA) is 66.1 Å². The Hall–Kier alpha value is -0.400. The first-order chi connectivity index (χ1) is 7.55. The van der Waals surface area contributed by atoms with Crippen molar-refractivity contribution in [3.05, 3.63) is 11.9 Å². The highest BCUT2D eigenvalue weighted by molar-refractivity contribution is 9.09. The van der Waals surface area contributed by atoms with E-state index in [1.165, 1.54) is 10.5 Å². The molecule has 0 aliphatic carbocycles. The van der Waals surface area contributed by atoms with Gasteiger partial charge in [0.2, 0.25) is 10.0 Å². The number of rotatable bonds is 3. The zero-order chi connectivity index (χ0) is 11.8. The molecular formula is C9H14BrN3O2S. The molecule has 1 N–H and O–H groups in total. The van der Waals surface area contributed by atoms with Crippen molar-refractivity contribution in [3.8, 4) is 0 Å². The summed E-state index contributed by atoms with van der Waals surface area (Å²) in [7, 11) is -3.35. The number of aromatic nitrogens is 2. The van der Waals surface area contributed by atoms with Gasteiger partial charge in [0.1, 0.15) is 4.90 Å². The lowest BCUT2D eigenvalue weighted by molar-refractivity contribution is 0.465. The van der Waals surface area contributed by atoms with Gasteiger partial charge in [-0.3, -0.25) is 5.10 Å². The van der Waals surface area contributed by atoms with Gasteiger partial charge in [-0.25, -0.2) is 8.42 Å². The number of H-pyrrole nitrogens is 1. The second-order valence-corrected chi connectivity index (χ2v) is 6.59. The maximum atomic E-state index is 12.2. The van der Waals surface area contributed by atoms with Gasteiger partial charge < -0.3 is 0 Å². The molecule has 0 spiro atoms. The number of aromatic amines is 1. The molecule has 1 aromatic heterocycles. The van der Waals surface area contributed by atoms with Gasteiger partial charge in [0.25, 0.3) is 0 Å². The van der Waals surface area contributed by atoms with Crippen LogP contribution in [0.3, 0.4) is 0 Å². The van der Waals surface area contributed by atoms with Gasteiger partial charge in [0, 0.05) is 18.4 Å². The van der Waals surface area contributed by atoms with E-state index in [-0.39, 0.29) is 0 Å². The van der Waals surface area contributed by atoms with E-state index in [1.54, 1.807) is 6.92 Å². The SMILES string of the molecule is Cc1[nH]ncc1S(=O)(=O)N1CCC(CBr)C1. The van der Waals surface area contributed by atoms with Crippen molar-refractivity contribution in [1.29, 1.82) is 0 Å². The highest BCUT2D eigenvalue weighted by atomic mass is 79.9. The van der Waals surface area contributed by atoms with E-state index in [0.717, 1.165) is 11.8 Å². The van der Waals surface area contributed by atoms with E-state index in [0.29, 0.717) is 29.6 Å². The maximum Gasteiger partial charge on any atom is 0.246 e. The minimum atomic E-state index is -3.35. The number of hydrogen-bond acceptors (Lipinski definition) is 3. The Morgan fingerprint density at radius 1 is 1.69 bits per heavy atom. The molecule has 0 radical (unpaired) electrons. The van der Waals surface area contributed by atoms with Crippen molar-refractivity contribution < 1.29 is 8.42 Å². The third-order valence-corrected chi connectivity index (χ3v) is 5.76. The average molecular weight is 308 g/mol. The maximum absolute atomic E-state index is 12.2. The zero-order valence-corrected chi connectivity index (χ0v) is 11.4. The fourth-order valence-electron chi connectivity index (χ4n) is 1.88. The van der Waals surface area contributed by atoms with Crippen LogP contribution in [0.25, 0.3) is 0 Å². The molecule has 2 rings (SSSR count). The van der Waals surface area contributed by atoms with E-state index in [1.807, 2.05) is 0 Å². The number of sulfonamides is 1. The van der Waals surface area contributed by atoms with E-state index in [4.69, 9.17) is 0 Å². The lowest BCUT2D eigenvalue weighted by atomic mass is 10.2. The molecule has 1 fully saturated rings. The molecule has 1 saturated heterocycles. The third-order valence-electron chi connectivity index (χ3n) is 2.87. The predicted octanol–water partition coefficient (Wildman–Crippen LogP) is 1.12. The third kappa shape index (κ3) is 2.03. The summed E-state index contributed by atoms with van der Waals surface area (Å²) in [6.07, 6.45) is 2.30. The summed E-state index contributed by atoms with van der Waals surface area (Å²) >= 11 is 3.39. The van der Waals surface area contributed by atoms with Crippen molar-refractivity contribution in [2.75, 3.05) is 18.4 Å². The summed E-state index contributed by atoms with van der Waals surface area (Å²) in [5, 5.41) is 7.27. The molecule has 1 aliphatic heterocycles. The molecular weight excluding hydrogens is 294 g/mol. The van der Waals surface area contributed by atoms with E-state index < -0.39 is 10.0 Å². The first-order valence-electron chi connectivity index (χ1n) is 5.11. The van der Waals surface area contributed by atoms with Crippen molar-refractivity contribution in [1.82, 2.24) is 14.5 Å². The predicted molar refractivity (Wildman–Crippen MR) is 64.0 cm³/mol. The molecule has 5 nitrogen and oxygen atoms in total. The number of alkyl halides is 1. The molecule has 0 amide bonds. The Bertz CT molecular complexity index is 471. The normalized spacial score (nSPS) is 22.8. The van der Waals surface area contributed by atoms with E-state index >= 15 is 0 Å². The molecule has 1 aliphatic rings. The second kappa shape index (κ2) is 4.46. The van der Waals surface area contributed by atoms with E-state index in [2.05, 4.69) is 26.1 Å². The van der Waals surface area contributed by atoms with Gasteiger partial charge in [-0.1, -0.05) is 15.9 Å². The Morgan fingerprint density at radius 2 is 2.44 bits per heavy atom. The van der Waals surface area contributed by atoms with Crippen LogP contribution in [0.1, 0.15) is 12.1 Å². The molecule has 7 heteroatoms. The van der Waals surface area contributed by atoms with Gasteiger partial charge in [0.15, 0.2) is 0 Å². The summed E-state index contributed by atoms with van der Waals surface area (Å²) in [4.78, 5) is 0.294. The molecule has 1 atom stereocenters. The lowest BCUT2D eigenvalue weighted by Gasteiger charge is -2.15. The van der Waals surface area contributed by atoms with Crippen LogP contribution in [0, 0.1) is 12.8 Å². The molecule has 16 heavy (non-hydrogen) atoms. The van der Waals surface area contributed by atoms with Gasteiger partial charge >= 0.3 is 0 Å². The van der Waals surface area contributed by atoms with Crippen LogP contribution in [0.5, 0.6) is 0 Å². The van der Waals surface area contributed by atoms with Crippen molar-refractivity contribution in [3.63, 3.8) is 0 Å². The van der Waals surface area contributed by atoms with Crippen LogP contribution < -0.4 is 0 Å². The van der Waals surface area contributed by atoms with E-state index in [9.17, 15) is 8.42 Å². The molecule has 0 saturated carbocycles. The number of nitrogens with one attached hydrogen (secondary N) is 1. The smallest absolute Gasteiger partial charge is 0.246 e. The van der Waals surface area contributed by atoms with Crippen molar-refractivity contribution >= 4 is 26.0 Å². The monoisotopic (exact) mass is 307 g/mol. The van der Waals surface area contributed by atoms with Gasteiger partial charge in [0.05, 0.1) is 11.9 Å². The highest BCUT2D eigenvalue weighted by Gasteiger charge is 2.33. The van der Waals surface area contributed by atoms with Crippen LogP contribution in [-0.4, -0.2) is 41.3 Å².